The number of halogens is 3. The van der Waals surface area contributed by atoms with Crippen LogP contribution in [-0.4, -0.2) is 17.7 Å². The molecule has 27 heavy (non-hydrogen) atoms. The highest BCUT2D eigenvalue weighted by Gasteiger charge is 2.34. The summed E-state index contributed by atoms with van der Waals surface area (Å²) in [5.74, 6) is -0.0195. The van der Waals surface area contributed by atoms with Gasteiger partial charge in [-0.15, -0.1) is 0 Å². The molecule has 2 aliphatic rings. The molecule has 0 radical (unpaired) electrons. The number of ether oxygens (including phenoxy) is 2. The molecule has 7 heteroatoms. The zero-order valence-electron chi connectivity index (χ0n) is 14.3. The summed E-state index contributed by atoms with van der Waals surface area (Å²) in [6.45, 7) is 0.298. The van der Waals surface area contributed by atoms with Gasteiger partial charge in [0.1, 0.15) is 17.6 Å². The normalized spacial score (nSPS) is 20.7. The van der Waals surface area contributed by atoms with E-state index in [4.69, 9.17) is 14.6 Å². The van der Waals surface area contributed by atoms with Crippen molar-refractivity contribution in [3.63, 3.8) is 0 Å². The van der Waals surface area contributed by atoms with Gasteiger partial charge in [-0.1, -0.05) is 12.1 Å². The van der Waals surface area contributed by atoms with E-state index in [9.17, 15) is 18.0 Å². The highest BCUT2D eigenvalue weighted by molar-refractivity contribution is 5.68. The van der Waals surface area contributed by atoms with Crippen LogP contribution in [0.25, 0.3) is 0 Å². The second-order valence-corrected chi connectivity index (χ2v) is 6.86. The Labute approximate surface area is 153 Å². The minimum Gasteiger partial charge on any atom is -0.492 e. The maximum atomic E-state index is 13.0. The fourth-order valence-electron chi connectivity index (χ4n) is 3.74. The zero-order valence-corrected chi connectivity index (χ0v) is 14.3. The van der Waals surface area contributed by atoms with Crippen molar-refractivity contribution in [2.75, 3.05) is 6.61 Å². The number of alkyl halides is 3. The molecule has 0 saturated carbocycles. The van der Waals surface area contributed by atoms with E-state index in [1.165, 1.54) is 12.1 Å². The Bertz CT molecular complexity index is 891. The Morgan fingerprint density at radius 1 is 1.19 bits per heavy atom. The van der Waals surface area contributed by atoms with E-state index in [-0.39, 0.29) is 12.3 Å². The van der Waals surface area contributed by atoms with Gasteiger partial charge in [-0.05, 0) is 42.2 Å². The van der Waals surface area contributed by atoms with Crippen LogP contribution in [-0.2, 0) is 17.4 Å². The molecule has 4 rings (SSSR count). The first-order valence-electron chi connectivity index (χ1n) is 8.66. The monoisotopic (exact) mass is 378 g/mol. The molecule has 142 valence electrons. The molecule has 1 aliphatic heterocycles. The minimum atomic E-state index is -4.39. The number of benzene rings is 2. The van der Waals surface area contributed by atoms with Crippen LogP contribution in [0.1, 0.15) is 47.1 Å². The lowest BCUT2D eigenvalue weighted by Gasteiger charge is -2.17. The van der Waals surface area contributed by atoms with Gasteiger partial charge >= 0.3 is 12.1 Å². The van der Waals surface area contributed by atoms with Crippen molar-refractivity contribution >= 4 is 5.97 Å². The van der Waals surface area contributed by atoms with E-state index in [2.05, 4.69) is 0 Å². The standard InChI is InChI=1S/C20H17F3O4/c21-20(22,23)13-3-1-11-2-6-17(16(11)8-13)27-14-4-5-15-12(7-19(24)25)10-26-18(15)9-14/h1,3-5,8-9,12,17H,2,6-7,10H2,(H,24,25)/t12?,17-/m1/s1. The van der Waals surface area contributed by atoms with Gasteiger partial charge in [0.15, 0.2) is 0 Å². The Hall–Kier alpha value is -2.70. The van der Waals surface area contributed by atoms with Crippen LogP contribution < -0.4 is 9.47 Å². The summed E-state index contributed by atoms with van der Waals surface area (Å²) in [7, 11) is 0. The number of aryl methyl sites for hydroxylation is 1. The number of hydrogen-bond donors (Lipinski definition) is 1. The van der Waals surface area contributed by atoms with Gasteiger partial charge in [0.05, 0.1) is 18.6 Å². The average molecular weight is 378 g/mol. The van der Waals surface area contributed by atoms with Gasteiger partial charge in [0.2, 0.25) is 0 Å². The maximum absolute atomic E-state index is 13.0. The van der Waals surface area contributed by atoms with Gasteiger partial charge < -0.3 is 14.6 Å². The van der Waals surface area contributed by atoms with Crippen molar-refractivity contribution in [3.05, 3.63) is 58.7 Å². The van der Waals surface area contributed by atoms with Gasteiger partial charge in [-0.25, -0.2) is 0 Å². The molecule has 1 unspecified atom stereocenters. The van der Waals surface area contributed by atoms with Crippen LogP contribution in [0.15, 0.2) is 36.4 Å². The van der Waals surface area contributed by atoms with Crippen LogP contribution in [0.5, 0.6) is 11.5 Å². The molecule has 2 aromatic carbocycles. The summed E-state index contributed by atoms with van der Waals surface area (Å²) >= 11 is 0. The minimum absolute atomic E-state index is 0.0105. The number of carbonyl (C=O) groups is 1. The van der Waals surface area contributed by atoms with Crippen molar-refractivity contribution < 1.29 is 32.5 Å². The van der Waals surface area contributed by atoms with Crippen molar-refractivity contribution in [1.82, 2.24) is 0 Å². The maximum Gasteiger partial charge on any atom is 0.416 e. The van der Waals surface area contributed by atoms with E-state index in [1.807, 2.05) is 0 Å². The fourth-order valence-corrected chi connectivity index (χ4v) is 3.74. The lowest BCUT2D eigenvalue weighted by atomic mass is 9.98. The second-order valence-electron chi connectivity index (χ2n) is 6.86. The number of rotatable bonds is 4. The molecule has 0 saturated heterocycles. The second kappa shape index (κ2) is 6.48. The highest BCUT2D eigenvalue weighted by atomic mass is 19.4. The van der Waals surface area contributed by atoms with Crippen LogP contribution in [0.2, 0.25) is 0 Å². The number of carboxylic acid groups (broad SMARTS) is 1. The number of fused-ring (bicyclic) bond motifs is 2. The van der Waals surface area contributed by atoms with Gasteiger partial charge in [-0.2, -0.15) is 13.2 Å². The molecule has 1 N–H and O–H groups in total. The molecule has 1 heterocycles. The smallest absolute Gasteiger partial charge is 0.416 e. The number of hydrogen-bond acceptors (Lipinski definition) is 3. The lowest BCUT2D eigenvalue weighted by Crippen LogP contribution is -2.08. The quantitative estimate of drug-likeness (QED) is 0.836. The topological polar surface area (TPSA) is 55.8 Å². The van der Waals surface area contributed by atoms with Crippen molar-refractivity contribution in [1.29, 1.82) is 0 Å². The SMILES string of the molecule is O=C(O)CC1COc2cc(O[C@@H]3CCc4ccc(C(F)(F)F)cc43)ccc21. The molecule has 0 bridgehead atoms. The number of carboxylic acids is 1. The lowest BCUT2D eigenvalue weighted by molar-refractivity contribution is -0.138. The average Bonchev–Trinajstić information content (AvgIpc) is 3.18. The van der Waals surface area contributed by atoms with Crippen LogP contribution in [0.4, 0.5) is 13.2 Å². The summed E-state index contributed by atoms with van der Waals surface area (Å²) in [5, 5.41) is 8.96. The molecular formula is C20H17F3O4. The summed E-state index contributed by atoms with van der Waals surface area (Å²) in [6.07, 6.45) is -3.57. The summed E-state index contributed by atoms with van der Waals surface area (Å²) in [4.78, 5) is 10.9. The van der Waals surface area contributed by atoms with Crippen molar-refractivity contribution in [2.24, 2.45) is 0 Å². The molecule has 4 nitrogen and oxygen atoms in total. The van der Waals surface area contributed by atoms with Crippen LogP contribution in [0, 0.1) is 0 Å². The third kappa shape index (κ3) is 3.46. The molecule has 0 spiro atoms. The third-order valence-electron chi connectivity index (χ3n) is 5.06. The van der Waals surface area contributed by atoms with E-state index >= 15 is 0 Å². The molecule has 0 fully saturated rings. The molecule has 0 aromatic heterocycles. The molecule has 0 amide bonds. The van der Waals surface area contributed by atoms with Crippen molar-refractivity contribution in [3.8, 4) is 11.5 Å². The Morgan fingerprint density at radius 3 is 2.74 bits per heavy atom. The van der Waals surface area contributed by atoms with E-state index in [0.29, 0.717) is 36.5 Å². The largest absolute Gasteiger partial charge is 0.492 e. The van der Waals surface area contributed by atoms with Gasteiger partial charge in [0, 0.05) is 17.5 Å². The predicted octanol–water partition coefficient (Wildman–Crippen LogP) is 4.72. The van der Waals surface area contributed by atoms with Crippen molar-refractivity contribution in [2.45, 2.75) is 37.5 Å². The Kier molecular flexibility index (Phi) is 4.25. The Morgan fingerprint density at radius 2 is 2.00 bits per heavy atom. The van der Waals surface area contributed by atoms with Crippen LogP contribution >= 0.6 is 0 Å². The molecule has 2 aromatic rings. The highest BCUT2D eigenvalue weighted by Crippen LogP contribution is 2.42. The zero-order chi connectivity index (χ0) is 19.2. The first-order chi connectivity index (χ1) is 12.8. The van der Waals surface area contributed by atoms with Crippen LogP contribution in [0.3, 0.4) is 0 Å². The van der Waals surface area contributed by atoms with Gasteiger partial charge in [-0.3, -0.25) is 4.79 Å². The van der Waals surface area contributed by atoms with E-state index in [1.54, 1.807) is 18.2 Å². The van der Waals surface area contributed by atoms with E-state index < -0.39 is 23.8 Å². The predicted molar refractivity (Wildman–Crippen MR) is 90.1 cm³/mol. The first-order valence-corrected chi connectivity index (χ1v) is 8.66. The third-order valence-corrected chi connectivity index (χ3v) is 5.06. The molecule has 2 atom stereocenters. The molecular weight excluding hydrogens is 361 g/mol. The van der Waals surface area contributed by atoms with Gasteiger partial charge in [0.25, 0.3) is 0 Å². The first kappa shape index (κ1) is 17.7. The van der Waals surface area contributed by atoms with E-state index in [0.717, 1.165) is 17.2 Å². The number of aliphatic carboxylic acids is 1. The summed E-state index contributed by atoms with van der Waals surface area (Å²) < 4.78 is 50.5. The summed E-state index contributed by atoms with van der Waals surface area (Å²) in [6, 6.07) is 8.96. The Balaban J connectivity index is 1.55. The molecule has 1 aliphatic carbocycles. The summed E-state index contributed by atoms with van der Waals surface area (Å²) in [5.41, 5.74) is 1.57. The fraction of sp³-hybridized carbons (Fsp3) is 0.350.